The fourth-order valence-corrected chi connectivity index (χ4v) is 3.20. The Morgan fingerprint density at radius 3 is 2.79 bits per heavy atom. The first kappa shape index (κ1) is 24.7. The highest BCUT2D eigenvalue weighted by Gasteiger charge is 2.18. The monoisotopic (exact) mass is 565 g/mol. The van der Waals surface area contributed by atoms with Gasteiger partial charge in [0.25, 0.3) is 0 Å². The van der Waals surface area contributed by atoms with E-state index in [-0.39, 0.29) is 41.8 Å². The van der Waals surface area contributed by atoms with Crippen LogP contribution >= 0.6 is 39.9 Å². The van der Waals surface area contributed by atoms with Gasteiger partial charge in [-0.15, -0.1) is 24.0 Å². The first-order chi connectivity index (χ1) is 13.0. The van der Waals surface area contributed by atoms with Crippen molar-refractivity contribution in [2.75, 3.05) is 26.7 Å². The molecule has 1 aliphatic heterocycles. The van der Waals surface area contributed by atoms with Gasteiger partial charge < -0.3 is 20.9 Å². The lowest BCUT2D eigenvalue weighted by molar-refractivity contribution is -0.130. The lowest BCUT2D eigenvalue weighted by Crippen LogP contribution is -2.51. The van der Waals surface area contributed by atoms with E-state index < -0.39 is 0 Å². The summed E-state index contributed by atoms with van der Waals surface area (Å²) < 4.78 is 1.00. The first-order valence-corrected chi connectivity index (χ1v) is 10.1. The number of hydrogen-bond acceptors (Lipinski definition) is 3. The fraction of sp³-hybridized carbons (Fsp3) is 0.526. The van der Waals surface area contributed by atoms with Gasteiger partial charge in [0.15, 0.2) is 5.96 Å². The molecule has 1 fully saturated rings. The molecular weight excluding hydrogens is 537 g/mol. The normalized spacial score (nSPS) is 16.6. The van der Waals surface area contributed by atoms with Gasteiger partial charge in [0.1, 0.15) is 0 Å². The highest BCUT2D eigenvalue weighted by molar-refractivity contribution is 14.0. The second kappa shape index (κ2) is 13.0. The number of rotatable bonds is 7. The molecule has 0 aliphatic carbocycles. The maximum absolute atomic E-state index is 12.4. The summed E-state index contributed by atoms with van der Waals surface area (Å²) in [4.78, 5) is 29.8. The molecule has 7 nitrogen and oxygen atoms in total. The van der Waals surface area contributed by atoms with Crippen LogP contribution in [-0.2, 0) is 16.1 Å². The Balaban J connectivity index is 0.00000392. The largest absolute Gasteiger partial charge is 0.357 e. The Kier molecular flexibility index (Phi) is 11.4. The number of nitrogens with zero attached hydrogens (tertiary/aromatic N) is 2. The summed E-state index contributed by atoms with van der Waals surface area (Å²) in [5.74, 6) is 0.823. The standard InChI is InChI=1S/C19H28BrN5O2.HI/c1-3-21-19(24-15-8-9-17(26)23-12-15)22-11-10-18(27)25(2)13-14-6-4-5-7-16(14)20;/h4-7,15H,3,8-13H2,1-2H3,(H,23,26)(H2,21,22,24);1H. The van der Waals surface area contributed by atoms with Crippen LogP contribution in [0.5, 0.6) is 0 Å². The van der Waals surface area contributed by atoms with E-state index in [1.54, 1.807) is 11.9 Å². The summed E-state index contributed by atoms with van der Waals surface area (Å²) in [5.41, 5.74) is 1.08. The van der Waals surface area contributed by atoms with Crippen molar-refractivity contribution in [3.8, 4) is 0 Å². The van der Waals surface area contributed by atoms with Crippen molar-refractivity contribution >= 4 is 57.7 Å². The van der Waals surface area contributed by atoms with E-state index >= 15 is 0 Å². The van der Waals surface area contributed by atoms with Crippen LogP contribution in [0.2, 0.25) is 0 Å². The zero-order valence-electron chi connectivity index (χ0n) is 16.3. The number of nitrogens with one attached hydrogen (secondary N) is 3. The smallest absolute Gasteiger partial charge is 0.224 e. The minimum Gasteiger partial charge on any atom is -0.357 e. The highest BCUT2D eigenvalue weighted by atomic mass is 127. The molecule has 28 heavy (non-hydrogen) atoms. The lowest BCUT2D eigenvalue weighted by atomic mass is 10.1. The van der Waals surface area contributed by atoms with Gasteiger partial charge in [-0.3, -0.25) is 14.6 Å². The van der Waals surface area contributed by atoms with Crippen LogP contribution in [0.3, 0.4) is 0 Å². The number of halogens is 2. The number of aliphatic imine (C=N–C) groups is 1. The van der Waals surface area contributed by atoms with Crippen LogP contribution in [0.1, 0.15) is 31.7 Å². The molecule has 9 heteroatoms. The van der Waals surface area contributed by atoms with Gasteiger partial charge in [-0.05, 0) is 25.0 Å². The second-order valence-corrected chi connectivity index (χ2v) is 7.39. The molecule has 1 saturated heterocycles. The number of carbonyl (C=O) groups excluding carboxylic acids is 2. The molecule has 1 aliphatic rings. The number of guanidine groups is 1. The van der Waals surface area contributed by atoms with Crippen molar-refractivity contribution in [2.24, 2.45) is 4.99 Å². The van der Waals surface area contributed by atoms with E-state index in [4.69, 9.17) is 0 Å². The molecule has 2 rings (SSSR count). The van der Waals surface area contributed by atoms with Gasteiger partial charge in [-0.1, -0.05) is 34.1 Å². The number of carbonyl (C=O) groups is 2. The molecule has 3 N–H and O–H groups in total. The molecule has 0 spiro atoms. The molecule has 156 valence electrons. The van der Waals surface area contributed by atoms with E-state index in [9.17, 15) is 9.59 Å². The van der Waals surface area contributed by atoms with Gasteiger partial charge >= 0.3 is 0 Å². The number of benzene rings is 1. The molecule has 0 radical (unpaired) electrons. The summed E-state index contributed by atoms with van der Waals surface area (Å²) >= 11 is 3.51. The van der Waals surface area contributed by atoms with Crippen LogP contribution in [0.15, 0.2) is 33.7 Å². The number of piperidine rings is 1. The van der Waals surface area contributed by atoms with Crippen LogP contribution in [0.25, 0.3) is 0 Å². The average molecular weight is 566 g/mol. The fourth-order valence-electron chi connectivity index (χ4n) is 2.79. The van der Waals surface area contributed by atoms with Crippen LogP contribution in [-0.4, -0.2) is 55.4 Å². The third-order valence-corrected chi connectivity index (χ3v) is 5.11. The third-order valence-electron chi connectivity index (χ3n) is 4.34. The summed E-state index contributed by atoms with van der Waals surface area (Å²) in [6, 6.07) is 8.05. The molecular formula is C19H29BrIN5O2. The van der Waals surface area contributed by atoms with Gasteiger partial charge in [0.2, 0.25) is 11.8 Å². The SMILES string of the molecule is CCNC(=NCCC(=O)N(C)Cc1ccccc1Br)NC1CCC(=O)NC1.I. The van der Waals surface area contributed by atoms with E-state index in [0.717, 1.165) is 23.0 Å². The van der Waals surface area contributed by atoms with Crippen molar-refractivity contribution < 1.29 is 9.59 Å². The zero-order chi connectivity index (χ0) is 19.6. The molecule has 0 bridgehead atoms. The average Bonchev–Trinajstić information content (AvgIpc) is 2.65. The van der Waals surface area contributed by atoms with Crippen LogP contribution in [0.4, 0.5) is 0 Å². The molecule has 0 saturated carbocycles. The first-order valence-electron chi connectivity index (χ1n) is 9.28. The van der Waals surface area contributed by atoms with Crippen molar-refractivity contribution in [3.63, 3.8) is 0 Å². The van der Waals surface area contributed by atoms with Gasteiger partial charge in [-0.25, -0.2) is 0 Å². The Morgan fingerprint density at radius 1 is 1.39 bits per heavy atom. The maximum atomic E-state index is 12.4. The van der Waals surface area contributed by atoms with Gasteiger partial charge in [0, 0.05) is 50.0 Å². The lowest BCUT2D eigenvalue weighted by Gasteiger charge is -2.25. The topological polar surface area (TPSA) is 85.8 Å². The van der Waals surface area contributed by atoms with E-state index in [1.807, 2.05) is 31.2 Å². The zero-order valence-corrected chi connectivity index (χ0v) is 20.2. The number of hydrogen-bond donors (Lipinski definition) is 3. The summed E-state index contributed by atoms with van der Waals surface area (Å²) in [7, 11) is 1.81. The van der Waals surface area contributed by atoms with Crippen molar-refractivity contribution in [1.82, 2.24) is 20.9 Å². The maximum Gasteiger partial charge on any atom is 0.224 e. The van der Waals surface area contributed by atoms with Crippen molar-refractivity contribution in [3.05, 3.63) is 34.3 Å². The second-order valence-electron chi connectivity index (χ2n) is 6.54. The molecule has 1 unspecified atom stereocenters. The molecule has 0 aromatic heterocycles. The number of amides is 2. The minimum absolute atomic E-state index is 0. The Hall–Kier alpha value is -1.36. The predicted molar refractivity (Wildman–Crippen MR) is 126 cm³/mol. The Bertz CT molecular complexity index is 676. The summed E-state index contributed by atoms with van der Waals surface area (Å²) in [5, 5.41) is 9.35. The van der Waals surface area contributed by atoms with Crippen LogP contribution in [0, 0.1) is 0 Å². The minimum atomic E-state index is 0. The van der Waals surface area contributed by atoms with Gasteiger partial charge in [0.05, 0.1) is 6.54 Å². The van der Waals surface area contributed by atoms with Crippen LogP contribution < -0.4 is 16.0 Å². The summed E-state index contributed by atoms with van der Waals surface area (Å²) in [6.45, 7) is 4.30. The Morgan fingerprint density at radius 2 is 2.14 bits per heavy atom. The highest BCUT2D eigenvalue weighted by Crippen LogP contribution is 2.17. The summed E-state index contributed by atoms with van der Waals surface area (Å²) in [6.07, 6.45) is 1.65. The Labute approximate surface area is 192 Å². The molecule has 1 aromatic carbocycles. The van der Waals surface area contributed by atoms with Gasteiger partial charge in [-0.2, -0.15) is 0 Å². The quantitative estimate of drug-likeness (QED) is 0.269. The molecule has 1 heterocycles. The molecule has 1 aromatic rings. The molecule has 2 amide bonds. The van der Waals surface area contributed by atoms with E-state index in [0.29, 0.717) is 38.4 Å². The van der Waals surface area contributed by atoms with Crippen molar-refractivity contribution in [1.29, 1.82) is 0 Å². The van der Waals surface area contributed by atoms with E-state index in [2.05, 4.69) is 36.9 Å². The third kappa shape index (κ3) is 8.34. The van der Waals surface area contributed by atoms with Crippen molar-refractivity contribution in [2.45, 2.75) is 38.8 Å². The van der Waals surface area contributed by atoms with E-state index in [1.165, 1.54) is 0 Å². The predicted octanol–water partition coefficient (Wildman–Crippen LogP) is 2.25. The molecule has 1 atom stereocenters.